The lowest BCUT2D eigenvalue weighted by Crippen LogP contribution is -2.30. The van der Waals surface area contributed by atoms with Crippen LogP contribution in [0.4, 0.5) is 0 Å². The molecule has 0 amide bonds. The number of phosphoric acid groups is 2. The normalized spacial score (nSPS) is 14.5. The van der Waals surface area contributed by atoms with E-state index >= 15 is 0 Å². The summed E-state index contributed by atoms with van der Waals surface area (Å²) in [6.07, 6.45) is 63.0. The number of phosphoric ester groups is 2. The third-order valence-corrected chi connectivity index (χ3v) is 17.0. The second-order valence-electron chi connectivity index (χ2n) is 23.7. The number of hydrogen-bond donors (Lipinski definition) is 4. The lowest BCUT2D eigenvalue weighted by Gasteiger charge is -2.21. The molecular weight excluding hydrogens is 1150 g/mol. The molecule has 0 bridgehead atoms. The monoisotopic (exact) mass is 1270 g/mol. The Bertz CT molecular complexity index is 1790. The Labute approximate surface area is 529 Å². The SMILES string of the molecule is CCCCC/C=C\C/C=C\C/C=C\C/C=C\CCCCCCCC(=O)OCC(O)COP(=O)(O)OCC(O)COP(=O)(O)OCC(COC(=O)CCCCCCCCCCCCCCCCC)OC(=O)CCCCCCCCCCCCCCCCC. The van der Waals surface area contributed by atoms with Crippen LogP contribution in [0.3, 0.4) is 0 Å². The summed E-state index contributed by atoms with van der Waals surface area (Å²) in [5.74, 6) is -1.57. The number of aliphatic hydroxyl groups excluding tert-OH is 2. The number of aliphatic hydroxyl groups is 2. The van der Waals surface area contributed by atoms with Crippen LogP contribution in [-0.4, -0.2) is 95.9 Å². The van der Waals surface area contributed by atoms with Gasteiger partial charge in [-0.05, 0) is 64.2 Å². The summed E-state index contributed by atoms with van der Waals surface area (Å²) in [6.45, 7) is 2.68. The van der Waals surface area contributed by atoms with Gasteiger partial charge in [0.05, 0.1) is 26.4 Å². The fraction of sp³-hybridized carbons (Fsp3) is 0.841. The van der Waals surface area contributed by atoms with Gasteiger partial charge in [0.25, 0.3) is 0 Å². The highest BCUT2D eigenvalue weighted by atomic mass is 31.2. The van der Waals surface area contributed by atoms with Gasteiger partial charge in [-0.2, -0.15) is 0 Å². The first-order valence-corrected chi connectivity index (χ1v) is 37.9. The van der Waals surface area contributed by atoms with E-state index in [0.717, 1.165) is 96.3 Å². The molecule has 18 heteroatoms. The Hall–Kier alpha value is -2.49. The fourth-order valence-electron chi connectivity index (χ4n) is 9.67. The van der Waals surface area contributed by atoms with Crippen molar-refractivity contribution in [3.8, 4) is 0 Å². The molecule has 0 aliphatic rings. The van der Waals surface area contributed by atoms with Crippen LogP contribution in [0.5, 0.6) is 0 Å². The zero-order chi connectivity index (χ0) is 63.8. The zero-order valence-electron chi connectivity index (χ0n) is 55.2. The van der Waals surface area contributed by atoms with Crippen molar-refractivity contribution >= 4 is 33.6 Å². The molecule has 5 unspecified atom stereocenters. The molecule has 5 atom stereocenters. The van der Waals surface area contributed by atoms with Gasteiger partial charge in [0.2, 0.25) is 0 Å². The van der Waals surface area contributed by atoms with Crippen molar-refractivity contribution in [2.75, 3.05) is 39.6 Å². The molecule has 0 aliphatic carbocycles. The maximum absolute atomic E-state index is 12.9. The number of esters is 3. The molecule has 0 fully saturated rings. The van der Waals surface area contributed by atoms with E-state index in [2.05, 4.69) is 69.4 Å². The van der Waals surface area contributed by atoms with Gasteiger partial charge in [0.15, 0.2) is 6.10 Å². The molecule has 0 heterocycles. The van der Waals surface area contributed by atoms with Crippen molar-refractivity contribution in [1.29, 1.82) is 0 Å². The second-order valence-corrected chi connectivity index (χ2v) is 26.6. The molecular formula is C69H128O16P2. The van der Waals surface area contributed by atoms with Crippen molar-refractivity contribution in [3.05, 3.63) is 48.6 Å². The molecule has 0 saturated heterocycles. The van der Waals surface area contributed by atoms with Crippen molar-refractivity contribution in [1.82, 2.24) is 0 Å². The molecule has 16 nitrogen and oxygen atoms in total. The lowest BCUT2D eigenvalue weighted by molar-refractivity contribution is -0.161. The van der Waals surface area contributed by atoms with Gasteiger partial charge >= 0.3 is 33.6 Å². The van der Waals surface area contributed by atoms with Crippen LogP contribution in [0.2, 0.25) is 0 Å². The third-order valence-electron chi connectivity index (χ3n) is 15.1. The van der Waals surface area contributed by atoms with Crippen LogP contribution in [0.25, 0.3) is 0 Å². The smallest absolute Gasteiger partial charge is 0.463 e. The third kappa shape index (κ3) is 64.8. The average molecular weight is 1280 g/mol. The molecule has 0 spiro atoms. The summed E-state index contributed by atoms with van der Waals surface area (Å²) in [5, 5.41) is 20.5. The first-order chi connectivity index (χ1) is 42.2. The van der Waals surface area contributed by atoms with Crippen LogP contribution < -0.4 is 0 Å². The second kappa shape index (κ2) is 63.6. The lowest BCUT2D eigenvalue weighted by atomic mass is 10.0. The van der Waals surface area contributed by atoms with Gasteiger partial charge in [-0.25, -0.2) is 9.13 Å². The minimum absolute atomic E-state index is 0.113. The Morgan fingerprint density at radius 1 is 0.322 bits per heavy atom. The summed E-state index contributed by atoms with van der Waals surface area (Å²) >= 11 is 0. The van der Waals surface area contributed by atoms with Gasteiger partial charge in [-0.1, -0.05) is 281 Å². The van der Waals surface area contributed by atoms with Gasteiger partial charge in [-0.3, -0.25) is 32.5 Å². The number of carbonyl (C=O) groups excluding carboxylic acids is 3. The number of allylic oxidation sites excluding steroid dienone is 8. The predicted molar refractivity (Wildman–Crippen MR) is 353 cm³/mol. The average Bonchev–Trinajstić information content (AvgIpc) is 3.68. The number of unbranched alkanes of at least 4 members (excludes halogenated alkanes) is 36. The number of carbonyl (C=O) groups is 3. The molecule has 510 valence electrons. The first-order valence-electron chi connectivity index (χ1n) is 34.9. The topological polar surface area (TPSA) is 231 Å². The van der Waals surface area contributed by atoms with Crippen molar-refractivity contribution in [2.24, 2.45) is 0 Å². The summed E-state index contributed by atoms with van der Waals surface area (Å²) in [7, 11) is -9.76. The van der Waals surface area contributed by atoms with Crippen LogP contribution in [0, 0.1) is 0 Å². The van der Waals surface area contributed by atoms with Crippen molar-refractivity contribution in [2.45, 2.75) is 334 Å². The minimum Gasteiger partial charge on any atom is -0.463 e. The Morgan fingerprint density at radius 2 is 0.575 bits per heavy atom. The van der Waals surface area contributed by atoms with E-state index in [1.54, 1.807) is 0 Å². The molecule has 0 saturated carbocycles. The quantitative estimate of drug-likeness (QED) is 0.0146. The number of hydrogen-bond acceptors (Lipinski definition) is 14. The predicted octanol–water partition coefficient (Wildman–Crippen LogP) is 19.2. The van der Waals surface area contributed by atoms with Gasteiger partial charge in [0, 0.05) is 19.3 Å². The van der Waals surface area contributed by atoms with E-state index < -0.39 is 91.5 Å². The molecule has 0 aromatic heterocycles. The Kier molecular flexibility index (Phi) is 61.8. The van der Waals surface area contributed by atoms with Crippen LogP contribution in [-0.2, 0) is 55.8 Å². The maximum atomic E-state index is 12.9. The zero-order valence-corrected chi connectivity index (χ0v) is 57.0. The molecule has 0 aromatic carbocycles. The van der Waals surface area contributed by atoms with E-state index in [1.807, 2.05) is 0 Å². The highest BCUT2D eigenvalue weighted by molar-refractivity contribution is 7.47. The molecule has 0 aromatic rings. The maximum Gasteiger partial charge on any atom is 0.472 e. The summed E-state index contributed by atoms with van der Waals surface area (Å²) < 4.78 is 60.9. The van der Waals surface area contributed by atoms with Gasteiger partial charge in [0.1, 0.15) is 25.4 Å². The highest BCUT2D eigenvalue weighted by Gasteiger charge is 2.29. The fourth-order valence-corrected chi connectivity index (χ4v) is 11.3. The van der Waals surface area contributed by atoms with E-state index in [0.29, 0.717) is 19.3 Å². The summed E-state index contributed by atoms with van der Waals surface area (Å²) in [5.41, 5.74) is 0. The summed E-state index contributed by atoms with van der Waals surface area (Å²) in [4.78, 5) is 58.4. The standard InChI is InChI=1S/C69H128O16P2/c1-4-7-10-13-16-19-22-25-28-29-30-31-32-33-36-38-40-43-46-49-52-55-67(72)79-58-64(70)59-81-86(75,76)82-60-65(71)61-83-87(77,78)84-63-66(85-69(74)57-54-51-48-45-42-39-35-27-24-21-18-15-12-9-6-3)62-80-68(73)56-53-50-47-44-41-37-34-26-23-20-17-14-11-8-5-2/h16,19,25,28,30-31,33,36,64-66,70-71H,4-15,17-18,20-24,26-27,29,32,34-35,37-63H2,1-3H3,(H,75,76)(H,77,78)/b19-16-,28-25-,31-30-,36-33-. The van der Waals surface area contributed by atoms with E-state index in [9.17, 15) is 43.5 Å². The Morgan fingerprint density at radius 3 is 0.931 bits per heavy atom. The van der Waals surface area contributed by atoms with Gasteiger partial charge < -0.3 is 34.2 Å². The highest BCUT2D eigenvalue weighted by Crippen LogP contribution is 2.45. The van der Waals surface area contributed by atoms with Gasteiger partial charge in [-0.15, -0.1) is 0 Å². The summed E-state index contributed by atoms with van der Waals surface area (Å²) in [6, 6.07) is 0. The van der Waals surface area contributed by atoms with E-state index in [4.69, 9.17) is 32.3 Å². The molecule has 0 radical (unpaired) electrons. The van der Waals surface area contributed by atoms with Crippen LogP contribution >= 0.6 is 15.6 Å². The van der Waals surface area contributed by atoms with Crippen LogP contribution in [0.1, 0.15) is 316 Å². The first kappa shape index (κ1) is 84.5. The van der Waals surface area contributed by atoms with E-state index in [1.165, 1.54) is 161 Å². The number of rotatable bonds is 67. The van der Waals surface area contributed by atoms with Crippen LogP contribution in [0.15, 0.2) is 48.6 Å². The van der Waals surface area contributed by atoms with Crippen molar-refractivity contribution < 1.29 is 75.8 Å². The molecule has 0 rings (SSSR count). The molecule has 4 N–H and O–H groups in total. The van der Waals surface area contributed by atoms with E-state index in [-0.39, 0.29) is 19.3 Å². The Balaban J connectivity index is 4.61. The minimum atomic E-state index is -4.91. The number of ether oxygens (including phenoxy) is 3. The van der Waals surface area contributed by atoms with Crippen molar-refractivity contribution in [3.63, 3.8) is 0 Å². The largest absolute Gasteiger partial charge is 0.472 e. The molecule has 87 heavy (non-hydrogen) atoms. The molecule has 0 aliphatic heterocycles.